The number of nitrogens with one attached hydrogen (secondary N) is 1. The molecule has 0 aromatic heterocycles. The van der Waals surface area contributed by atoms with Crippen molar-refractivity contribution in [3.63, 3.8) is 0 Å². The van der Waals surface area contributed by atoms with Crippen LogP contribution in [0.15, 0.2) is 0 Å². The summed E-state index contributed by atoms with van der Waals surface area (Å²) in [5.74, 6) is -0.0927. The SMILES string of the molecule is CCCOC(=O)CCNC1CC[N]CC1. The number of ether oxygens (including phenoxy) is 1. The molecule has 4 nitrogen and oxygen atoms in total. The van der Waals surface area contributed by atoms with Crippen molar-refractivity contribution in [1.82, 2.24) is 10.6 Å². The molecule has 1 rings (SSSR count). The third kappa shape index (κ3) is 5.74. The van der Waals surface area contributed by atoms with Crippen LogP contribution in [0, 0.1) is 0 Å². The minimum absolute atomic E-state index is 0.0927. The van der Waals surface area contributed by atoms with Crippen LogP contribution in [0.25, 0.3) is 0 Å². The van der Waals surface area contributed by atoms with Gasteiger partial charge >= 0.3 is 5.97 Å². The molecule has 0 aromatic carbocycles. The Kier molecular flexibility index (Phi) is 6.36. The van der Waals surface area contributed by atoms with Gasteiger partial charge in [-0.1, -0.05) is 6.92 Å². The minimum Gasteiger partial charge on any atom is -0.466 e. The second-order valence-corrected chi connectivity index (χ2v) is 3.87. The topological polar surface area (TPSA) is 52.4 Å². The fourth-order valence-corrected chi connectivity index (χ4v) is 1.62. The lowest BCUT2D eigenvalue weighted by atomic mass is 10.1. The van der Waals surface area contributed by atoms with E-state index in [1.54, 1.807) is 0 Å². The van der Waals surface area contributed by atoms with E-state index in [0.717, 1.165) is 38.9 Å². The van der Waals surface area contributed by atoms with Gasteiger partial charge in [-0.15, -0.1) is 0 Å². The average Bonchev–Trinajstić information content (AvgIpc) is 2.28. The molecule has 1 aliphatic rings. The first kappa shape index (κ1) is 12.5. The molecule has 1 fully saturated rings. The Balaban J connectivity index is 1.97. The Morgan fingerprint density at radius 3 is 2.87 bits per heavy atom. The van der Waals surface area contributed by atoms with Gasteiger partial charge < -0.3 is 10.1 Å². The van der Waals surface area contributed by atoms with E-state index in [0.29, 0.717) is 19.1 Å². The first-order chi connectivity index (χ1) is 7.33. The van der Waals surface area contributed by atoms with Crippen molar-refractivity contribution in [2.24, 2.45) is 0 Å². The van der Waals surface area contributed by atoms with E-state index >= 15 is 0 Å². The molecule has 15 heavy (non-hydrogen) atoms. The molecular weight excluding hydrogens is 192 g/mol. The molecule has 1 radical (unpaired) electrons. The summed E-state index contributed by atoms with van der Waals surface area (Å²) in [6.07, 6.45) is 3.57. The zero-order valence-corrected chi connectivity index (χ0v) is 9.50. The van der Waals surface area contributed by atoms with E-state index in [2.05, 4.69) is 10.6 Å². The monoisotopic (exact) mass is 213 g/mol. The summed E-state index contributed by atoms with van der Waals surface area (Å²) < 4.78 is 4.98. The van der Waals surface area contributed by atoms with Crippen molar-refractivity contribution in [3.05, 3.63) is 0 Å². The summed E-state index contributed by atoms with van der Waals surface area (Å²) in [6, 6.07) is 0.543. The smallest absolute Gasteiger partial charge is 0.307 e. The van der Waals surface area contributed by atoms with Crippen LogP contribution in [-0.2, 0) is 9.53 Å². The molecule has 0 atom stereocenters. The molecule has 0 aliphatic carbocycles. The standard InChI is InChI=1S/C11H21N2O2/c1-2-9-15-11(14)5-8-13-10-3-6-12-7-4-10/h10,13H,2-9H2,1H3. The normalized spacial score (nSPS) is 17.7. The summed E-state index contributed by atoms with van der Waals surface area (Å²) in [7, 11) is 0. The molecular formula is C11H21N2O2. The van der Waals surface area contributed by atoms with Crippen LogP contribution in [0.5, 0.6) is 0 Å². The Labute approximate surface area is 91.8 Å². The second kappa shape index (κ2) is 7.65. The van der Waals surface area contributed by atoms with Gasteiger partial charge in [0.2, 0.25) is 0 Å². The maximum Gasteiger partial charge on any atom is 0.307 e. The van der Waals surface area contributed by atoms with Crippen LogP contribution in [0.4, 0.5) is 0 Å². The van der Waals surface area contributed by atoms with Crippen molar-refractivity contribution in [1.29, 1.82) is 0 Å². The van der Waals surface area contributed by atoms with Crippen LogP contribution in [0.2, 0.25) is 0 Å². The van der Waals surface area contributed by atoms with E-state index < -0.39 is 0 Å². The van der Waals surface area contributed by atoms with Crippen molar-refractivity contribution >= 4 is 5.97 Å². The fraction of sp³-hybridized carbons (Fsp3) is 0.909. The maximum absolute atomic E-state index is 11.2. The molecule has 0 unspecified atom stereocenters. The van der Waals surface area contributed by atoms with Crippen LogP contribution in [-0.4, -0.2) is 38.3 Å². The highest BCUT2D eigenvalue weighted by Gasteiger charge is 2.13. The van der Waals surface area contributed by atoms with Crippen LogP contribution in [0.1, 0.15) is 32.6 Å². The van der Waals surface area contributed by atoms with Gasteiger partial charge in [-0.25, -0.2) is 5.32 Å². The Morgan fingerprint density at radius 2 is 2.20 bits per heavy atom. The van der Waals surface area contributed by atoms with Crippen LogP contribution >= 0.6 is 0 Å². The zero-order valence-electron chi connectivity index (χ0n) is 9.50. The summed E-state index contributed by atoms with van der Waals surface area (Å²) in [5.41, 5.74) is 0. The molecule has 0 saturated carbocycles. The minimum atomic E-state index is -0.0927. The van der Waals surface area contributed by atoms with E-state index in [1.165, 1.54) is 0 Å². The fourth-order valence-electron chi connectivity index (χ4n) is 1.62. The van der Waals surface area contributed by atoms with Crippen molar-refractivity contribution in [2.75, 3.05) is 26.2 Å². The van der Waals surface area contributed by atoms with Crippen LogP contribution < -0.4 is 10.6 Å². The number of hydrogen-bond acceptors (Lipinski definition) is 3. The van der Waals surface area contributed by atoms with E-state index in [9.17, 15) is 4.79 Å². The highest BCUT2D eigenvalue weighted by Crippen LogP contribution is 2.02. The van der Waals surface area contributed by atoms with Gasteiger partial charge in [0.1, 0.15) is 0 Å². The van der Waals surface area contributed by atoms with Gasteiger partial charge in [-0.3, -0.25) is 4.79 Å². The number of piperidine rings is 1. The highest BCUT2D eigenvalue weighted by atomic mass is 16.5. The van der Waals surface area contributed by atoms with Crippen molar-refractivity contribution in [2.45, 2.75) is 38.6 Å². The van der Waals surface area contributed by atoms with Crippen molar-refractivity contribution < 1.29 is 9.53 Å². The summed E-state index contributed by atoms with van der Waals surface area (Å²) >= 11 is 0. The molecule has 1 heterocycles. The lowest BCUT2D eigenvalue weighted by Gasteiger charge is -2.22. The predicted molar refractivity (Wildman–Crippen MR) is 58.8 cm³/mol. The molecule has 1 N–H and O–H groups in total. The largest absolute Gasteiger partial charge is 0.466 e. The lowest BCUT2D eigenvalue weighted by molar-refractivity contribution is -0.143. The number of nitrogens with zero attached hydrogens (tertiary/aromatic N) is 1. The molecule has 1 aliphatic heterocycles. The van der Waals surface area contributed by atoms with Gasteiger partial charge in [-0.05, 0) is 19.3 Å². The van der Waals surface area contributed by atoms with Crippen molar-refractivity contribution in [3.8, 4) is 0 Å². The molecule has 0 spiro atoms. The third-order valence-corrected chi connectivity index (χ3v) is 2.50. The van der Waals surface area contributed by atoms with E-state index in [1.807, 2.05) is 6.92 Å². The van der Waals surface area contributed by atoms with Gasteiger partial charge in [0.25, 0.3) is 0 Å². The van der Waals surface area contributed by atoms with E-state index in [-0.39, 0.29) is 5.97 Å². The highest BCUT2D eigenvalue weighted by molar-refractivity contribution is 5.69. The first-order valence-electron chi connectivity index (χ1n) is 5.85. The Morgan fingerprint density at radius 1 is 1.47 bits per heavy atom. The van der Waals surface area contributed by atoms with Gasteiger partial charge in [-0.2, -0.15) is 0 Å². The van der Waals surface area contributed by atoms with Gasteiger partial charge in [0.05, 0.1) is 13.0 Å². The van der Waals surface area contributed by atoms with E-state index in [4.69, 9.17) is 4.74 Å². The molecule has 1 saturated heterocycles. The number of carbonyl (C=O) groups excluding carboxylic acids is 1. The van der Waals surface area contributed by atoms with Gasteiger partial charge in [0.15, 0.2) is 0 Å². The summed E-state index contributed by atoms with van der Waals surface area (Å²) in [5, 5.41) is 7.65. The third-order valence-electron chi connectivity index (χ3n) is 2.50. The van der Waals surface area contributed by atoms with Crippen LogP contribution in [0.3, 0.4) is 0 Å². The molecule has 0 amide bonds. The summed E-state index contributed by atoms with van der Waals surface area (Å²) in [6.45, 7) is 5.18. The Hall–Kier alpha value is -0.610. The number of carbonyl (C=O) groups is 1. The number of esters is 1. The zero-order chi connectivity index (χ0) is 10.9. The molecule has 0 aromatic rings. The number of hydrogen-bond donors (Lipinski definition) is 1. The average molecular weight is 213 g/mol. The number of rotatable bonds is 6. The molecule has 87 valence electrons. The molecule has 0 bridgehead atoms. The van der Waals surface area contributed by atoms with Gasteiger partial charge in [0, 0.05) is 25.7 Å². The lowest BCUT2D eigenvalue weighted by Crippen LogP contribution is -2.38. The summed E-state index contributed by atoms with van der Waals surface area (Å²) in [4.78, 5) is 11.2. The maximum atomic E-state index is 11.2. The first-order valence-corrected chi connectivity index (χ1v) is 5.85. The predicted octanol–water partition coefficient (Wildman–Crippen LogP) is 0.686. The second-order valence-electron chi connectivity index (χ2n) is 3.87. The molecule has 4 heteroatoms. The quantitative estimate of drug-likeness (QED) is 0.660. The Bertz CT molecular complexity index is 179.